The van der Waals surface area contributed by atoms with Crippen molar-refractivity contribution < 1.29 is 5.11 Å². The molecule has 0 saturated carbocycles. The average molecular weight is 401 g/mol. The van der Waals surface area contributed by atoms with E-state index >= 15 is 0 Å². The SMILES string of the molecule is CC(C)Cc1ccc(C(O)c2ccc(I)c(Cl)c2)cc1. The van der Waals surface area contributed by atoms with Gasteiger partial charge in [0.2, 0.25) is 0 Å². The quantitative estimate of drug-likeness (QED) is 0.697. The second-order valence-corrected chi connectivity index (χ2v) is 6.99. The van der Waals surface area contributed by atoms with Gasteiger partial charge in [-0.3, -0.25) is 0 Å². The molecular weight excluding hydrogens is 383 g/mol. The standard InChI is InChI=1S/C17H18ClIO/c1-11(2)9-12-3-5-13(6-4-12)17(20)14-7-8-16(19)15(18)10-14/h3-8,10-11,17,20H,9H2,1-2H3. The lowest BCUT2D eigenvalue weighted by molar-refractivity contribution is 0.220. The first kappa shape index (κ1) is 15.8. The third-order valence-corrected chi connectivity index (χ3v) is 4.77. The van der Waals surface area contributed by atoms with Crippen LogP contribution in [0.3, 0.4) is 0 Å². The predicted molar refractivity (Wildman–Crippen MR) is 93.2 cm³/mol. The highest BCUT2D eigenvalue weighted by Gasteiger charge is 2.12. The van der Waals surface area contributed by atoms with Gasteiger partial charge in [-0.15, -0.1) is 0 Å². The van der Waals surface area contributed by atoms with Crippen LogP contribution in [0.15, 0.2) is 42.5 Å². The molecule has 20 heavy (non-hydrogen) atoms. The van der Waals surface area contributed by atoms with E-state index in [0.29, 0.717) is 10.9 Å². The second kappa shape index (κ2) is 6.92. The van der Waals surface area contributed by atoms with Crippen molar-refractivity contribution in [2.24, 2.45) is 5.92 Å². The summed E-state index contributed by atoms with van der Waals surface area (Å²) in [7, 11) is 0. The fraction of sp³-hybridized carbons (Fsp3) is 0.294. The lowest BCUT2D eigenvalue weighted by atomic mass is 9.97. The molecule has 3 heteroatoms. The van der Waals surface area contributed by atoms with Crippen LogP contribution >= 0.6 is 34.2 Å². The number of hydrogen-bond donors (Lipinski definition) is 1. The number of aliphatic hydroxyl groups is 1. The molecule has 1 N–H and O–H groups in total. The second-order valence-electron chi connectivity index (χ2n) is 5.42. The van der Waals surface area contributed by atoms with Crippen LogP contribution in [0.4, 0.5) is 0 Å². The maximum atomic E-state index is 10.4. The van der Waals surface area contributed by atoms with Crippen molar-refractivity contribution in [3.63, 3.8) is 0 Å². The minimum Gasteiger partial charge on any atom is -0.384 e. The molecule has 1 unspecified atom stereocenters. The number of aliphatic hydroxyl groups excluding tert-OH is 1. The molecule has 0 heterocycles. The minimum absolute atomic E-state index is 0.627. The normalized spacial score (nSPS) is 12.7. The summed E-state index contributed by atoms with van der Waals surface area (Å²) in [6.07, 6.45) is 0.434. The third-order valence-electron chi connectivity index (χ3n) is 3.20. The van der Waals surface area contributed by atoms with Crippen molar-refractivity contribution in [3.05, 3.63) is 67.7 Å². The highest BCUT2D eigenvalue weighted by molar-refractivity contribution is 14.1. The lowest BCUT2D eigenvalue weighted by Gasteiger charge is -2.13. The number of rotatable bonds is 4. The zero-order chi connectivity index (χ0) is 14.7. The summed E-state index contributed by atoms with van der Waals surface area (Å²) >= 11 is 8.29. The van der Waals surface area contributed by atoms with Crippen molar-refractivity contribution in [1.29, 1.82) is 0 Å². The first-order valence-electron chi connectivity index (χ1n) is 6.69. The van der Waals surface area contributed by atoms with Crippen molar-refractivity contribution in [1.82, 2.24) is 0 Å². The number of hydrogen-bond acceptors (Lipinski definition) is 1. The largest absolute Gasteiger partial charge is 0.384 e. The van der Waals surface area contributed by atoms with E-state index in [2.05, 4.69) is 48.6 Å². The Balaban J connectivity index is 2.20. The van der Waals surface area contributed by atoms with E-state index in [4.69, 9.17) is 11.6 Å². The van der Waals surface area contributed by atoms with Crippen molar-refractivity contribution in [2.75, 3.05) is 0 Å². The number of benzene rings is 2. The zero-order valence-electron chi connectivity index (χ0n) is 11.6. The molecule has 0 aliphatic carbocycles. The van der Waals surface area contributed by atoms with Gasteiger partial charge in [-0.05, 0) is 63.8 Å². The van der Waals surface area contributed by atoms with E-state index in [-0.39, 0.29) is 0 Å². The maximum absolute atomic E-state index is 10.4. The van der Waals surface area contributed by atoms with Gasteiger partial charge in [0.05, 0.1) is 5.02 Å². The van der Waals surface area contributed by atoms with Crippen LogP contribution in [0.2, 0.25) is 5.02 Å². The van der Waals surface area contributed by atoms with E-state index < -0.39 is 6.10 Å². The predicted octanol–water partition coefficient (Wildman–Crippen LogP) is 5.22. The van der Waals surface area contributed by atoms with Gasteiger partial charge in [0, 0.05) is 3.57 Å². The molecule has 0 aliphatic rings. The van der Waals surface area contributed by atoms with E-state index in [0.717, 1.165) is 21.1 Å². The Morgan fingerprint density at radius 3 is 2.20 bits per heavy atom. The van der Waals surface area contributed by atoms with Crippen LogP contribution in [0, 0.1) is 9.49 Å². The van der Waals surface area contributed by atoms with Crippen LogP contribution in [0.1, 0.15) is 36.6 Å². The summed E-state index contributed by atoms with van der Waals surface area (Å²) < 4.78 is 0.993. The molecule has 2 aromatic carbocycles. The molecule has 0 bridgehead atoms. The maximum Gasteiger partial charge on any atom is 0.104 e. The molecule has 2 rings (SSSR count). The van der Waals surface area contributed by atoms with E-state index in [1.807, 2.05) is 30.3 Å². The van der Waals surface area contributed by atoms with Gasteiger partial charge >= 0.3 is 0 Å². The summed E-state index contributed by atoms with van der Waals surface area (Å²) in [5, 5.41) is 11.1. The lowest BCUT2D eigenvalue weighted by Crippen LogP contribution is -2.01. The fourth-order valence-electron chi connectivity index (χ4n) is 2.18. The van der Waals surface area contributed by atoms with E-state index in [9.17, 15) is 5.11 Å². The summed E-state index contributed by atoms with van der Waals surface area (Å²) in [4.78, 5) is 0. The molecule has 0 aliphatic heterocycles. The molecule has 1 nitrogen and oxygen atoms in total. The van der Waals surface area contributed by atoms with Gasteiger partial charge in [-0.25, -0.2) is 0 Å². The topological polar surface area (TPSA) is 20.2 Å². The van der Waals surface area contributed by atoms with Crippen LogP contribution in [-0.2, 0) is 6.42 Å². The van der Waals surface area contributed by atoms with Crippen molar-refractivity contribution in [2.45, 2.75) is 26.4 Å². The first-order valence-corrected chi connectivity index (χ1v) is 8.15. The van der Waals surface area contributed by atoms with Gasteiger partial charge < -0.3 is 5.11 Å². The van der Waals surface area contributed by atoms with Gasteiger partial charge in [-0.1, -0.05) is 55.8 Å². The Kier molecular flexibility index (Phi) is 5.47. The van der Waals surface area contributed by atoms with Crippen LogP contribution in [-0.4, -0.2) is 5.11 Å². The van der Waals surface area contributed by atoms with Gasteiger partial charge in [0.25, 0.3) is 0 Å². The molecule has 0 spiro atoms. The zero-order valence-corrected chi connectivity index (χ0v) is 14.5. The van der Waals surface area contributed by atoms with Crippen LogP contribution in [0.25, 0.3) is 0 Å². The summed E-state index contributed by atoms with van der Waals surface area (Å²) in [6, 6.07) is 13.8. The third kappa shape index (κ3) is 3.96. The Morgan fingerprint density at radius 1 is 1.05 bits per heavy atom. The number of halogens is 2. The molecule has 0 fully saturated rings. The molecule has 2 aromatic rings. The molecule has 106 valence electrons. The molecule has 0 saturated heterocycles. The molecular formula is C17H18ClIO. The Bertz CT molecular complexity index is 578. The average Bonchev–Trinajstić information content (AvgIpc) is 2.41. The van der Waals surface area contributed by atoms with E-state index in [1.165, 1.54) is 5.56 Å². The summed E-state index contributed by atoms with van der Waals surface area (Å²) in [5.74, 6) is 0.640. The van der Waals surface area contributed by atoms with Crippen LogP contribution in [0.5, 0.6) is 0 Å². The monoisotopic (exact) mass is 400 g/mol. The van der Waals surface area contributed by atoms with E-state index in [1.54, 1.807) is 0 Å². The fourth-order valence-corrected chi connectivity index (χ4v) is 2.71. The summed E-state index contributed by atoms with van der Waals surface area (Å²) in [6.45, 7) is 4.41. The minimum atomic E-state index is -0.627. The van der Waals surface area contributed by atoms with Gasteiger partial charge in [-0.2, -0.15) is 0 Å². The Hall–Kier alpha value is -0.580. The van der Waals surface area contributed by atoms with Gasteiger partial charge in [0.1, 0.15) is 6.10 Å². The first-order chi connectivity index (χ1) is 9.47. The van der Waals surface area contributed by atoms with Crippen molar-refractivity contribution in [3.8, 4) is 0 Å². The molecule has 1 atom stereocenters. The van der Waals surface area contributed by atoms with Crippen LogP contribution < -0.4 is 0 Å². The molecule has 0 aromatic heterocycles. The molecule has 0 radical (unpaired) electrons. The smallest absolute Gasteiger partial charge is 0.104 e. The van der Waals surface area contributed by atoms with Crippen molar-refractivity contribution >= 4 is 34.2 Å². The highest BCUT2D eigenvalue weighted by Crippen LogP contribution is 2.27. The molecule has 0 amide bonds. The Labute approximate surface area is 139 Å². The Morgan fingerprint density at radius 2 is 1.65 bits per heavy atom. The summed E-state index contributed by atoms with van der Waals surface area (Å²) in [5.41, 5.74) is 3.03. The highest BCUT2D eigenvalue weighted by atomic mass is 127. The van der Waals surface area contributed by atoms with Gasteiger partial charge in [0.15, 0.2) is 0 Å².